The molecule has 28 heavy (non-hydrogen) atoms. The van der Waals surface area contributed by atoms with Crippen molar-refractivity contribution < 1.29 is 19.3 Å². The molecule has 0 aliphatic carbocycles. The van der Waals surface area contributed by atoms with Gasteiger partial charge in [-0.15, -0.1) is 0 Å². The number of nitrogens with zero attached hydrogens (tertiary/aromatic N) is 2. The highest BCUT2D eigenvalue weighted by molar-refractivity contribution is 6.30. The first-order valence-electron chi connectivity index (χ1n) is 8.98. The summed E-state index contributed by atoms with van der Waals surface area (Å²) in [5, 5.41) is 10.2. The number of hydrogen-bond donors (Lipinski definition) is 1. The lowest BCUT2D eigenvalue weighted by molar-refractivity contribution is -0.00957. The van der Waals surface area contributed by atoms with Crippen LogP contribution in [0, 0.1) is 0 Å². The van der Waals surface area contributed by atoms with Crippen LogP contribution in [-0.2, 0) is 4.74 Å². The second kappa shape index (κ2) is 7.83. The molecule has 3 aromatic rings. The van der Waals surface area contributed by atoms with Gasteiger partial charge in [-0.2, -0.15) is 0 Å². The Balaban J connectivity index is 1.95. The molecular formula is C21H21ClN2O4. The lowest BCUT2D eigenvalue weighted by Gasteiger charge is -2.24. The number of rotatable bonds is 5. The highest BCUT2D eigenvalue weighted by Crippen LogP contribution is 2.45. The molecule has 1 N–H and O–H groups in total. The van der Waals surface area contributed by atoms with Gasteiger partial charge in [-0.05, 0) is 24.3 Å². The fourth-order valence-corrected chi connectivity index (χ4v) is 3.86. The monoisotopic (exact) mass is 400 g/mol. The minimum atomic E-state index is -0.475. The Hall–Kier alpha value is -2.54. The quantitative estimate of drug-likeness (QED) is 0.698. The predicted molar refractivity (Wildman–Crippen MR) is 105 cm³/mol. The molecule has 0 saturated heterocycles. The zero-order valence-corrected chi connectivity index (χ0v) is 16.4. The van der Waals surface area contributed by atoms with Gasteiger partial charge < -0.3 is 23.9 Å². The van der Waals surface area contributed by atoms with Crippen LogP contribution >= 0.6 is 11.6 Å². The highest BCUT2D eigenvalue weighted by Gasteiger charge is 2.33. The third-order valence-electron chi connectivity index (χ3n) is 4.90. The van der Waals surface area contributed by atoms with Gasteiger partial charge in [0.25, 0.3) is 0 Å². The first kappa shape index (κ1) is 18.8. The first-order valence-corrected chi connectivity index (χ1v) is 9.36. The molecule has 0 radical (unpaired) electrons. The van der Waals surface area contributed by atoms with Gasteiger partial charge in [0, 0.05) is 41.6 Å². The molecule has 0 amide bonds. The van der Waals surface area contributed by atoms with Gasteiger partial charge in [-0.3, -0.25) is 0 Å². The molecule has 2 unspecified atom stereocenters. The van der Waals surface area contributed by atoms with Crippen LogP contribution in [0.25, 0.3) is 5.69 Å². The summed E-state index contributed by atoms with van der Waals surface area (Å²) < 4.78 is 19.6. The van der Waals surface area contributed by atoms with E-state index in [1.165, 1.54) is 0 Å². The van der Waals surface area contributed by atoms with Crippen molar-refractivity contribution in [3.8, 4) is 17.2 Å². The largest absolute Gasteiger partial charge is 0.493 e. The van der Waals surface area contributed by atoms with Gasteiger partial charge in [0.1, 0.15) is 18.0 Å². The average molecular weight is 401 g/mol. The molecule has 2 atom stereocenters. The number of methoxy groups -OCH3 is 2. The maximum absolute atomic E-state index is 9.59. The predicted octanol–water partition coefficient (Wildman–Crippen LogP) is 4.09. The van der Waals surface area contributed by atoms with E-state index in [1.54, 1.807) is 20.4 Å². The van der Waals surface area contributed by atoms with E-state index in [1.807, 2.05) is 47.2 Å². The Morgan fingerprint density at radius 2 is 2.04 bits per heavy atom. The Kier molecular flexibility index (Phi) is 5.26. The van der Waals surface area contributed by atoms with Crippen LogP contribution in [0.1, 0.15) is 35.6 Å². The summed E-state index contributed by atoms with van der Waals surface area (Å²) in [5.41, 5.74) is 2.63. The van der Waals surface area contributed by atoms with E-state index in [0.29, 0.717) is 22.9 Å². The molecule has 7 heteroatoms. The fourth-order valence-electron chi connectivity index (χ4n) is 3.68. The summed E-state index contributed by atoms with van der Waals surface area (Å²) in [4.78, 5) is 4.48. The lowest BCUT2D eigenvalue weighted by Crippen LogP contribution is -2.13. The topological polar surface area (TPSA) is 65.7 Å². The molecular weight excluding hydrogens is 380 g/mol. The van der Waals surface area contributed by atoms with Crippen LogP contribution in [0.3, 0.4) is 0 Å². The van der Waals surface area contributed by atoms with Gasteiger partial charge in [-0.1, -0.05) is 23.7 Å². The number of aromatic nitrogens is 2. The third-order valence-corrected chi connectivity index (χ3v) is 5.13. The van der Waals surface area contributed by atoms with Gasteiger partial charge >= 0.3 is 0 Å². The molecule has 1 aliphatic heterocycles. The molecule has 0 saturated carbocycles. The Morgan fingerprint density at radius 3 is 2.79 bits per heavy atom. The molecule has 0 fully saturated rings. The average Bonchev–Trinajstić information content (AvgIpc) is 3.15. The number of para-hydroxylation sites is 1. The van der Waals surface area contributed by atoms with Gasteiger partial charge in [0.15, 0.2) is 11.5 Å². The number of imidazole rings is 1. The number of ether oxygens (including phenoxy) is 3. The maximum Gasteiger partial charge on any atom is 0.166 e. The Bertz CT molecular complexity index is 988. The molecule has 2 aromatic carbocycles. The van der Waals surface area contributed by atoms with Crippen molar-refractivity contribution >= 4 is 11.6 Å². The lowest BCUT2D eigenvalue weighted by atomic mass is 9.98. The van der Waals surface area contributed by atoms with Gasteiger partial charge in [-0.25, -0.2) is 4.98 Å². The number of aliphatic hydroxyl groups excluding tert-OH is 1. The van der Waals surface area contributed by atoms with E-state index in [2.05, 4.69) is 4.98 Å². The molecule has 146 valence electrons. The SMILES string of the molecule is COc1cccc(C2OC(CCO)c3nccn3-c3ccc(Cl)cc32)c1OC. The van der Waals surface area contributed by atoms with E-state index in [0.717, 1.165) is 22.6 Å². The van der Waals surface area contributed by atoms with Crippen molar-refractivity contribution in [2.45, 2.75) is 18.6 Å². The van der Waals surface area contributed by atoms with E-state index in [-0.39, 0.29) is 6.61 Å². The zero-order chi connectivity index (χ0) is 19.7. The normalized spacial score (nSPS) is 18.1. The minimum absolute atomic E-state index is 0.0173. The summed E-state index contributed by atoms with van der Waals surface area (Å²) >= 11 is 6.34. The second-order valence-electron chi connectivity index (χ2n) is 6.46. The summed E-state index contributed by atoms with van der Waals surface area (Å²) in [5.74, 6) is 1.96. The minimum Gasteiger partial charge on any atom is -0.493 e. The Labute approximate surface area is 168 Å². The number of fused-ring (bicyclic) bond motifs is 3. The molecule has 2 heterocycles. The van der Waals surface area contributed by atoms with Crippen LogP contribution in [0.4, 0.5) is 0 Å². The van der Waals surface area contributed by atoms with Crippen molar-refractivity contribution in [3.63, 3.8) is 0 Å². The van der Waals surface area contributed by atoms with E-state index >= 15 is 0 Å². The van der Waals surface area contributed by atoms with Crippen LogP contribution in [0.5, 0.6) is 11.5 Å². The molecule has 0 bridgehead atoms. The molecule has 6 nitrogen and oxygen atoms in total. The van der Waals surface area contributed by atoms with Crippen molar-refractivity contribution in [2.75, 3.05) is 20.8 Å². The smallest absolute Gasteiger partial charge is 0.166 e. The summed E-state index contributed by atoms with van der Waals surface area (Å²) in [7, 11) is 3.21. The van der Waals surface area contributed by atoms with Crippen molar-refractivity contribution in [2.24, 2.45) is 0 Å². The van der Waals surface area contributed by atoms with Crippen molar-refractivity contribution in [3.05, 3.63) is 70.8 Å². The number of hydrogen-bond acceptors (Lipinski definition) is 5. The van der Waals surface area contributed by atoms with E-state index < -0.39 is 12.2 Å². The highest BCUT2D eigenvalue weighted by atomic mass is 35.5. The molecule has 1 aromatic heterocycles. The molecule has 0 spiro atoms. The number of benzene rings is 2. The van der Waals surface area contributed by atoms with Crippen LogP contribution in [0.15, 0.2) is 48.8 Å². The van der Waals surface area contributed by atoms with Crippen molar-refractivity contribution in [1.29, 1.82) is 0 Å². The summed E-state index contributed by atoms with van der Waals surface area (Å²) in [6.45, 7) is -0.0173. The second-order valence-corrected chi connectivity index (χ2v) is 6.89. The standard InChI is InChI=1S/C21H21ClN2O4/c1-26-17-5-3-4-14(20(17)27-2)19-15-12-13(22)6-7-16(15)24-10-9-23-21(24)18(28-19)8-11-25/h3-7,9-10,12,18-19,25H,8,11H2,1-2H3. The summed E-state index contributed by atoms with van der Waals surface area (Å²) in [6.07, 6.45) is 3.17. The maximum atomic E-state index is 9.59. The zero-order valence-electron chi connectivity index (χ0n) is 15.6. The Morgan fingerprint density at radius 1 is 1.18 bits per heavy atom. The molecule has 4 rings (SSSR count). The van der Waals surface area contributed by atoms with Gasteiger partial charge in [0.2, 0.25) is 0 Å². The summed E-state index contributed by atoms with van der Waals surface area (Å²) in [6, 6.07) is 11.4. The first-order chi connectivity index (χ1) is 13.7. The van der Waals surface area contributed by atoms with Crippen LogP contribution in [-0.4, -0.2) is 35.5 Å². The number of halogens is 1. The fraction of sp³-hybridized carbons (Fsp3) is 0.286. The van der Waals surface area contributed by atoms with E-state index in [4.69, 9.17) is 25.8 Å². The third kappa shape index (κ3) is 3.13. The van der Waals surface area contributed by atoms with Crippen LogP contribution < -0.4 is 9.47 Å². The van der Waals surface area contributed by atoms with Crippen molar-refractivity contribution in [1.82, 2.24) is 9.55 Å². The van der Waals surface area contributed by atoms with Gasteiger partial charge in [0.05, 0.1) is 19.9 Å². The van der Waals surface area contributed by atoms with E-state index in [9.17, 15) is 5.11 Å². The molecule has 1 aliphatic rings. The number of aliphatic hydroxyl groups is 1. The van der Waals surface area contributed by atoms with Crippen LogP contribution in [0.2, 0.25) is 5.02 Å².